The topological polar surface area (TPSA) is 33.5 Å². The van der Waals surface area contributed by atoms with E-state index >= 15 is 0 Å². The van der Waals surface area contributed by atoms with Crippen molar-refractivity contribution < 1.29 is 4.74 Å². The molecule has 0 unspecified atom stereocenters. The molecule has 0 saturated carbocycles. The molecule has 2 aromatic heterocycles. The molecule has 0 aliphatic carbocycles. The van der Waals surface area contributed by atoms with Crippen LogP contribution >= 0.6 is 0 Å². The van der Waals surface area contributed by atoms with Crippen molar-refractivity contribution in [2.75, 3.05) is 16.5 Å². The fourth-order valence-electron chi connectivity index (χ4n) is 10.5. The fraction of sp³-hybridized carbons (Fsp3) is 0.277. The van der Waals surface area contributed by atoms with Crippen molar-refractivity contribution in [3.63, 3.8) is 0 Å². The first-order valence-electron chi connectivity index (χ1n) is 25.2. The van der Waals surface area contributed by atoms with Crippen molar-refractivity contribution >= 4 is 44.6 Å². The van der Waals surface area contributed by atoms with Gasteiger partial charge in [-0.3, -0.25) is 4.57 Å². The molecule has 5 heteroatoms. The molecular weight excluding hydrogens is 853 g/mol. The summed E-state index contributed by atoms with van der Waals surface area (Å²) in [6, 6.07) is 60.2. The molecule has 7 aromatic carbocycles. The third kappa shape index (κ3) is 8.54. The molecule has 70 heavy (non-hydrogen) atoms. The van der Waals surface area contributed by atoms with Crippen LogP contribution in [0.3, 0.4) is 0 Å². The van der Waals surface area contributed by atoms with Gasteiger partial charge < -0.3 is 14.5 Å². The predicted octanol–water partition coefficient (Wildman–Crippen LogP) is 18.1. The predicted molar refractivity (Wildman–Crippen MR) is 297 cm³/mol. The number of benzene rings is 7. The summed E-state index contributed by atoms with van der Waals surface area (Å²) in [5.41, 5.74) is 16.8. The number of anilines is 4. The summed E-state index contributed by atoms with van der Waals surface area (Å²) < 4.78 is 9.37. The highest BCUT2D eigenvalue weighted by atomic mass is 16.5. The van der Waals surface area contributed by atoms with Gasteiger partial charge in [-0.25, -0.2) is 4.98 Å². The Morgan fingerprint density at radius 1 is 0.471 bits per heavy atom. The minimum Gasteiger partial charge on any atom is -0.457 e. The van der Waals surface area contributed by atoms with Crippen LogP contribution in [0.15, 0.2) is 170 Å². The Morgan fingerprint density at radius 2 is 1.11 bits per heavy atom. The molecule has 10 rings (SSSR count). The van der Waals surface area contributed by atoms with Gasteiger partial charge in [0.15, 0.2) is 0 Å². The molecular formula is C65H68N4O. The molecule has 0 atom stereocenters. The maximum Gasteiger partial charge on any atom is 0.137 e. The summed E-state index contributed by atoms with van der Waals surface area (Å²) in [5, 5.41) is 2.33. The summed E-state index contributed by atoms with van der Waals surface area (Å²) in [4.78, 5) is 9.99. The number of ether oxygens (including phenoxy) is 1. The van der Waals surface area contributed by atoms with Crippen molar-refractivity contribution in [3.8, 4) is 28.4 Å². The number of aromatic nitrogens is 2. The van der Waals surface area contributed by atoms with E-state index in [4.69, 9.17) is 9.72 Å². The number of fused-ring (bicyclic) bond motifs is 4. The monoisotopic (exact) mass is 921 g/mol. The van der Waals surface area contributed by atoms with E-state index in [2.05, 4.69) is 261 Å². The average molecular weight is 921 g/mol. The standard InChI is InChI=1S/C65H68N4O/c1-42(2)53-25-19-26-54(43(3)4)62(53)44-28-31-58-60(34-44)67(49-23-18-22-46(35-49)63(5,6)7)41-68(58)50-36-48(64(8,9)10)37-52(39-50)70-51-29-30-56-55-24-16-17-27-57(55)69(59(56)40-51)61-38-47(32-33-66-61)65(11,12)45-20-14-13-15-21-45/h13-40,42-43H,41H2,1-12H3. The lowest BCUT2D eigenvalue weighted by Crippen LogP contribution is -2.25. The first kappa shape index (κ1) is 46.6. The van der Waals surface area contributed by atoms with Crippen LogP contribution in [0, 0.1) is 0 Å². The number of hydrogen-bond donors (Lipinski definition) is 0. The average Bonchev–Trinajstić information content (AvgIpc) is 3.89. The molecule has 0 amide bonds. The molecule has 1 aliphatic heterocycles. The summed E-state index contributed by atoms with van der Waals surface area (Å²) in [6.07, 6.45) is 1.95. The minimum atomic E-state index is -0.218. The maximum atomic E-state index is 7.07. The third-order valence-electron chi connectivity index (χ3n) is 14.7. The van der Waals surface area contributed by atoms with Crippen LogP contribution in [0.25, 0.3) is 38.8 Å². The number of nitrogens with zero attached hydrogens (tertiary/aromatic N) is 4. The van der Waals surface area contributed by atoms with Gasteiger partial charge in [-0.1, -0.05) is 168 Å². The fourth-order valence-corrected chi connectivity index (χ4v) is 10.5. The largest absolute Gasteiger partial charge is 0.457 e. The van der Waals surface area contributed by atoms with Crippen molar-refractivity contribution in [1.82, 2.24) is 9.55 Å². The summed E-state index contributed by atoms with van der Waals surface area (Å²) in [5.74, 6) is 3.23. The Balaban J connectivity index is 1.09. The Labute approximate surface area is 416 Å². The zero-order valence-corrected chi connectivity index (χ0v) is 43.2. The van der Waals surface area contributed by atoms with Gasteiger partial charge in [-0.05, 0) is 134 Å². The van der Waals surface area contributed by atoms with Gasteiger partial charge in [0.2, 0.25) is 0 Å². The first-order valence-corrected chi connectivity index (χ1v) is 25.2. The Hall–Kier alpha value is -7.11. The first-order chi connectivity index (χ1) is 33.4. The van der Waals surface area contributed by atoms with Crippen LogP contribution in [-0.4, -0.2) is 16.2 Å². The molecule has 0 spiro atoms. The van der Waals surface area contributed by atoms with Gasteiger partial charge in [0, 0.05) is 45.9 Å². The normalized spacial score (nSPS) is 13.3. The maximum absolute atomic E-state index is 7.07. The summed E-state index contributed by atoms with van der Waals surface area (Å²) in [6.45, 7) is 28.2. The van der Waals surface area contributed by atoms with E-state index < -0.39 is 0 Å². The molecule has 0 bridgehead atoms. The van der Waals surface area contributed by atoms with Crippen LogP contribution in [0.4, 0.5) is 22.7 Å². The summed E-state index contributed by atoms with van der Waals surface area (Å²) in [7, 11) is 0. The molecule has 0 saturated heterocycles. The third-order valence-corrected chi connectivity index (χ3v) is 14.7. The van der Waals surface area contributed by atoms with Crippen LogP contribution in [0.5, 0.6) is 11.5 Å². The van der Waals surface area contributed by atoms with Crippen LogP contribution in [-0.2, 0) is 16.2 Å². The number of rotatable bonds is 10. The van der Waals surface area contributed by atoms with Gasteiger partial charge >= 0.3 is 0 Å². The lowest BCUT2D eigenvalue weighted by atomic mass is 9.78. The van der Waals surface area contributed by atoms with E-state index in [0.29, 0.717) is 18.5 Å². The summed E-state index contributed by atoms with van der Waals surface area (Å²) >= 11 is 0. The van der Waals surface area contributed by atoms with Gasteiger partial charge in [-0.2, -0.15) is 0 Å². The molecule has 0 radical (unpaired) electrons. The van der Waals surface area contributed by atoms with Crippen molar-refractivity contribution in [2.45, 2.75) is 111 Å². The number of hydrogen-bond acceptors (Lipinski definition) is 4. The molecule has 0 N–H and O–H groups in total. The zero-order chi connectivity index (χ0) is 49.3. The minimum absolute atomic E-state index is 0.00691. The van der Waals surface area contributed by atoms with E-state index in [0.717, 1.165) is 39.4 Å². The van der Waals surface area contributed by atoms with E-state index in [-0.39, 0.29) is 16.2 Å². The van der Waals surface area contributed by atoms with E-state index in [1.54, 1.807) is 0 Å². The highest BCUT2D eigenvalue weighted by Crippen LogP contribution is 2.50. The van der Waals surface area contributed by atoms with Gasteiger partial charge in [0.05, 0.1) is 22.4 Å². The highest BCUT2D eigenvalue weighted by Gasteiger charge is 2.32. The quantitative estimate of drug-likeness (QED) is 0.137. The van der Waals surface area contributed by atoms with Crippen LogP contribution in [0.2, 0.25) is 0 Å². The van der Waals surface area contributed by atoms with E-state index in [9.17, 15) is 0 Å². The lowest BCUT2D eigenvalue weighted by molar-refractivity contribution is 0.479. The van der Waals surface area contributed by atoms with Crippen molar-refractivity contribution in [3.05, 3.63) is 203 Å². The molecule has 3 heterocycles. The molecule has 5 nitrogen and oxygen atoms in total. The number of pyridine rings is 1. The van der Waals surface area contributed by atoms with E-state index in [1.807, 2.05) is 6.20 Å². The zero-order valence-electron chi connectivity index (χ0n) is 43.2. The highest BCUT2D eigenvalue weighted by molar-refractivity contribution is 6.09. The molecule has 1 aliphatic rings. The smallest absolute Gasteiger partial charge is 0.137 e. The van der Waals surface area contributed by atoms with Crippen molar-refractivity contribution in [1.29, 1.82) is 0 Å². The molecule has 0 fully saturated rings. The number of para-hydroxylation sites is 1. The Kier molecular flexibility index (Phi) is 11.8. The molecule has 354 valence electrons. The van der Waals surface area contributed by atoms with Gasteiger partial charge in [0.1, 0.15) is 24.0 Å². The van der Waals surface area contributed by atoms with Gasteiger partial charge in [-0.15, -0.1) is 0 Å². The lowest BCUT2D eigenvalue weighted by Gasteiger charge is -2.27. The second-order valence-corrected chi connectivity index (χ2v) is 22.6. The SMILES string of the molecule is CC(C)c1cccc(C(C)C)c1-c1ccc2c(c1)N(c1cccc(C(C)(C)C)c1)CN2c1cc(Oc2ccc3c4ccccc4n(-c4cc(C(C)(C)c5ccccc5)ccn4)c3c2)cc(C(C)(C)C)c1. The Morgan fingerprint density at radius 3 is 1.83 bits per heavy atom. The van der Waals surface area contributed by atoms with Crippen LogP contribution in [0.1, 0.15) is 128 Å². The van der Waals surface area contributed by atoms with Gasteiger partial charge in [0.25, 0.3) is 0 Å². The second-order valence-electron chi connectivity index (χ2n) is 22.6. The van der Waals surface area contributed by atoms with E-state index in [1.165, 1.54) is 67.0 Å². The van der Waals surface area contributed by atoms with Crippen molar-refractivity contribution in [2.24, 2.45) is 0 Å². The second kappa shape index (κ2) is 17.7. The molecule has 9 aromatic rings. The van der Waals surface area contributed by atoms with Crippen LogP contribution < -0.4 is 14.5 Å². The Bertz CT molecular complexity index is 3370.